The summed E-state index contributed by atoms with van der Waals surface area (Å²) in [5.41, 5.74) is 0.872. The van der Waals surface area contributed by atoms with Gasteiger partial charge in [0.1, 0.15) is 0 Å². The van der Waals surface area contributed by atoms with E-state index >= 15 is 0 Å². The number of halogens is 1. The third-order valence-electron chi connectivity index (χ3n) is 1.89. The number of hydrogen-bond donors (Lipinski definition) is 1. The van der Waals surface area contributed by atoms with Gasteiger partial charge in [0, 0.05) is 5.69 Å². The van der Waals surface area contributed by atoms with Gasteiger partial charge in [0.05, 0.1) is 6.61 Å². The Morgan fingerprint density at radius 1 is 1.18 bits per heavy atom. The summed E-state index contributed by atoms with van der Waals surface area (Å²) >= 11 is 5.77. The summed E-state index contributed by atoms with van der Waals surface area (Å²) in [4.78, 5) is 11.9. The molecule has 0 bridgehead atoms. The Hall–Kier alpha value is -1.88. The molecule has 0 aliphatic heterocycles. The minimum atomic E-state index is 0.0990. The number of ether oxygens (including phenoxy) is 1. The van der Waals surface area contributed by atoms with Crippen LogP contribution in [0.15, 0.2) is 30.3 Å². The number of nitrogens with one attached hydrogen (secondary N) is 1. The highest BCUT2D eigenvalue weighted by molar-refractivity contribution is 6.28. The lowest BCUT2D eigenvalue weighted by atomic mass is 10.3. The number of anilines is 2. The van der Waals surface area contributed by atoms with Crippen LogP contribution < -0.4 is 10.1 Å². The van der Waals surface area contributed by atoms with Crippen molar-refractivity contribution in [2.75, 3.05) is 11.9 Å². The number of rotatable bonds is 4. The fraction of sp³-hybridized carbons (Fsp3) is 0.182. The lowest BCUT2D eigenvalue weighted by Crippen LogP contribution is -2.03. The Morgan fingerprint density at radius 3 is 2.65 bits per heavy atom. The average Bonchev–Trinajstić information content (AvgIpc) is 2.30. The van der Waals surface area contributed by atoms with Gasteiger partial charge < -0.3 is 10.1 Å². The number of aromatic nitrogens is 3. The summed E-state index contributed by atoms with van der Waals surface area (Å²) in [5, 5.41) is 3.12. The van der Waals surface area contributed by atoms with Crippen LogP contribution in [0.3, 0.4) is 0 Å². The molecule has 0 fully saturated rings. The number of para-hydroxylation sites is 1. The molecule has 0 aliphatic rings. The second kappa shape index (κ2) is 5.45. The van der Waals surface area contributed by atoms with Gasteiger partial charge in [0.2, 0.25) is 11.2 Å². The summed E-state index contributed by atoms with van der Waals surface area (Å²) in [6.07, 6.45) is 0. The Balaban J connectivity index is 2.21. The van der Waals surface area contributed by atoms with Crippen molar-refractivity contribution in [1.29, 1.82) is 0 Å². The van der Waals surface area contributed by atoms with E-state index in [0.29, 0.717) is 12.6 Å². The van der Waals surface area contributed by atoms with E-state index in [0.717, 1.165) is 5.69 Å². The summed E-state index contributed by atoms with van der Waals surface area (Å²) in [6.45, 7) is 2.33. The van der Waals surface area contributed by atoms with Crippen LogP contribution in [0.25, 0.3) is 0 Å². The van der Waals surface area contributed by atoms with E-state index in [4.69, 9.17) is 16.3 Å². The first-order chi connectivity index (χ1) is 8.28. The summed E-state index contributed by atoms with van der Waals surface area (Å²) in [7, 11) is 0. The Bertz CT molecular complexity index is 492. The molecule has 0 unspecified atom stereocenters. The summed E-state index contributed by atoms with van der Waals surface area (Å²) in [6, 6.07) is 9.77. The van der Waals surface area contributed by atoms with Crippen molar-refractivity contribution in [2.24, 2.45) is 0 Å². The Morgan fingerprint density at radius 2 is 1.94 bits per heavy atom. The van der Waals surface area contributed by atoms with E-state index < -0.39 is 0 Å². The van der Waals surface area contributed by atoms with E-state index in [9.17, 15) is 0 Å². The highest BCUT2D eigenvalue weighted by atomic mass is 35.5. The SMILES string of the molecule is CCOc1nc(Cl)nc(Nc2ccccc2)n1. The molecule has 0 amide bonds. The van der Waals surface area contributed by atoms with Gasteiger partial charge in [-0.15, -0.1) is 0 Å². The second-order valence-electron chi connectivity index (χ2n) is 3.13. The van der Waals surface area contributed by atoms with Crippen LogP contribution in [-0.2, 0) is 0 Å². The maximum atomic E-state index is 5.77. The van der Waals surface area contributed by atoms with E-state index in [1.54, 1.807) is 0 Å². The van der Waals surface area contributed by atoms with Crippen LogP contribution in [0.5, 0.6) is 6.01 Å². The minimum Gasteiger partial charge on any atom is -0.464 e. The molecule has 6 heteroatoms. The fourth-order valence-corrected chi connectivity index (χ4v) is 1.38. The molecule has 1 aromatic carbocycles. The first-order valence-corrected chi connectivity index (χ1v) is 5.52. The van der Waals surface area contributed by atoms with Crippen LogP contribution in [0.1, 0.15) is 6.92 Å². The van der Waals surface area contributed by atoms with Gasteiger partial charge in [-0.25, -0.2) is 0 Å². The molecule has 0 radical (unpaired) electrons. The molecule has 0 saturated carbocycles. The van der Waals surface area contributed by atoms with Gasteiger partial charge in [-0.1, -0.05) is 18.2 Å². The third-order valence-corrected chi connectivity index (χ3v) is 2.06. The monoisotopic (exact) mass is 250 g/mol. The molecule has 0 spiro atoms. The van der Waals surface area contributed by atoms with Crippen LogP contribution >= 0.6 is 11.6 Å². The molecule has 1 N–H and O–H groups in total. The molecule has 88 valence electrons. The molecule has 2 rings (SSSR count). The molecular formula is C11H11ClN4O. The lowest BCUT2D eigenvalue weighted by molar-refractivity contribution is 0.312. The van der Waals surface area contributed by atoms with Crippen LogP contribution in [0, 0.1) is 0 Å². The maximum absolute atomic E-state index is 5.77. The number of nitrogens with zero attached hydrogens (tertiary/aromatic N) is 3. The molecule has 1 aromatic heterocycles. The van der Waals surface area contributed by atoms with Crippen molar-refractivity contribution in [1.82, 2.24) is 15.0 Å². The van der Waals surface area contributed by atoms with Crippen molar-refractivity contribution >= 4 is 23.2 Å². The van der Waals surface area contributed by atoms with Gasteiger partial charge in [-0.3, -0.25) is 0 Å². The van der Waals surface area contributed by atoms with Gasteiger partial charge in [-0.2, -0.15) is 15.0 Å². The Kier molecular flexibility index (Phi) is 3.72. The zero-order valence-electron chi connectivity index (χ0n) is 9.22. The standard InChI is InChI=1S/C11H11ClN4O/c1-2-17-11-15-9(12)14-10(16-11)13-8-6-4-3-5-7-8/h3-7H,2H2,1H3,(H,13,14,15,16). The van der Waals surface area contributed by atoms with Crippen LogP contribution in [-0.4, -0.2) is 21.6 Å². The van der Waals surface area contributed by atoms with Gasteiger partial charge in [0.25, 0.3) is 0 Å². The third kappa shape index (κ3) is 3.29. The second-order valence-corrected chi connectivity index (χ2v) is 3.47. The zero-order chi connectivity index (χ0) is 12.1. The molecule has 0 aliphatic carbocycles. The van der Waals surface area contributed by atoms with Crippen LogP contribution in [0.4, 0.5) is 11.6 Å². The van der Waals surface area contributed by atoms with E-state index in [1.807, 2.05) is 37.3 Å². The largest absolute Gasteiger partial charge is 0.464 e. The first-order valence-electron chi connectivity index (χ1n) is 5.14. The summed E-state index contributed by atoms with van der Waals surface area (Å²) < 4.78 is 5.18. The number of benzene rings is 1. The maximum Gasteiger partial charge on any atom is 0.322 e. The predicted octanol–water partition coefficient (Wildman–Crippen LogP) is 2.67. The topological polar surface area (TPSA) is 59.9 Å². The Labute approximate surface area is 104 Å². The van der Waals surface area contributed by atoms with Crippen molar-refractivity contribution in [3.63, 3.8) is 0 Å². The van der Waals surface area contributed by atoms with E-state index in [1.165, 1.54) is 0 Å². The van der Waals surface area contributed by atoms with Crippen molar-refractivity contribution in [2.45, 2.75) is 6.92 Å². The first kappa shape index (κ1) is 11.6. The van der Waals surface area contributed by atoms with Gasteiger partial charge >= 0.3 is 6.01 Å². The van der Waals surface area contributed by atoms with Crippen molar-refractivity contribution in [3.05, 3.63) is 35.6 Å². The normalized spacial score (nSPS) is 10.0. The molecule has 0 saturated heterocycles. The molecular weight excluding hydrogens is 240 g/mol. The van der Waals surface area contributed by atoms with Gasteiger partial charge in [0.15, 0.2) is 0 Å². The minimum absolute atomic E-state index is 0.0990. The quantitative estimate of drug-likeness (QED) is 0.904. The molecule has 2 aromatic rings. The predicted molar refractivity (Wildman–Crippen MR) is 65.7 cm³/mol. The zero-order valence-corrected chi connectivity index (χ0v) is 9.98. The molecule has 1 heterocycles. The van der Waals surface area contributed by atoms with E-state index in [-0.39, 0.29) is 11.3 Å². The molecule has 5 nitrogen and oxygen atoms in total. The van der Waals surface area contributed by atoms with Crippen molar-refractivity contribution in [3.8, 4) is 6.01 Å². The number of hydrogen-bond acceptors (Lipinski definition) is 5. The van der Waals surface area contributed by atoms with Gasteiger partial charge in [-0.05, 0) is 30.7 Å². The average molecular weight is 251 g/mol. The molecule has 0 atom stereocenters. The smallest absolute Gasteiger partial charge is 0.322 e. The highest BCUT2D eigenvalue weighted by Crippen LogP contribution is 2.16. The van der Waals surface area contributed by atoms with E-state index in [2.05, 4.69) is 20.3 Å². The molecule has 17 heavy (non-hydrogen) atoms. The highest BCUT2D eigenvalue weighted by Gasteiger charge is 2.05. The summed E-state index contributed by atoms with van der Waals surface area (Å²) in [5.74, 6) is 0.361. The van der Waals surface area contributed by atoms with Crippen molar-refractivity contribution < 1.29 is 4.74 Å². The van der Waals surface area contributed by atoms with Crippen LogP contribution in [0.2, 0.25) is 5.28 Å². The lowest BCUT2D eigenvalue weighted by Gasteiger charge is -2.06. The fourth-order valence-electron chi connectivity index (χ4n) is 1.23.